The molecule has 0 spiro atoms. The third-order valence-electron chi connectivity index (χ3n) is 2.78. The Hall–Kier alpha value is -1.33. The molecule has 0 fully saturated rings. The fourth-order valence-electron chi connectivity index (χ4n) is 1.84. The monoisotopic (exact) mass is 277 g/mol. The lowest BCUT2D eigenvalue weighted by Crippen LogP contribution is -2.02. The molecule has 0 unspecified atom stereocenters. The molecule has 0 saturated heterocycles. The van der Waals surface area contributed by atoms with Gasteiger partial charge in [0.05, 0.1) is 0 Å². The van der Waals surface area contributed by atoms with E-state index in [1.807, 2.05) is 0 Å². The number of nitrogens with zero attached hydrogens (tertiary/aromatic N) is 3. The first-order chi connectivity index (χ1) is 9.29. The molecular formula is C14H19N3OS. The largest absolute Gasteiger partial charge is 0.385 e. The van der Waals surface area contributed by atoms with Crippen molar-refractivity contribution in [2.24, 2.45) is 0 Å². The fraction of sp³-hybridized carbons (Fsp3) is 0.429. The van der Waals surface area contributed by atoms with Crippen molar-refractivity contribution in [1.82, 2.24) is 14.8 Å². The smallest absolute Gasteiger partial charge is 0.191 e. The molecule has 0 aliphatic carbocycles. The number of hydrogen-bond acceptors (Lipinski definition) is 4. The number of aryl methyl sites for hydroxylation is 2. The first kappa shape index (κ1) is 14.1. The minimum Gasteiger partial charge on any atom is -0.385 e. The maximum atomic E-state index is 5.06. The molecule has 5 heteroatoms. The van der Waals surface area contributed by atoms with E-state index < -0.39 is 0 Å². The molecule has 1 aromatic heterocycles. The topological polar surface area (TPSA) is 39.9 Å². The molecule has 2 aromatic rings. The summed E-state index contributed by atoms with van der Waals surface area (Å²) in [6.07, 6.45) is 2.76. The highest BCUT2D eigenvalue weighted by atomic mass is 32.2. The van der Waals surface area contributed by atoms with Gasteiger partial charge in [0.25, 0.3) is 0 Å². The van der Waals surface area contributed by atoms with Crippen LogP contribution in [-0.2, 0) is 17.0 Å². The Bertz CT molecular complexity index is 513. The van der Waals surface area contributed by atoms with Gasteiger partial charge in [0.2, 0.25) is 0 Å². The lowest BCUT2D eigenvalue weighted by Gasteiger charge is -2.06. The third kappa shape index (κ3) is 4.36. The van der Waals surface area contributed by atoms with Gasteiger partial charge in [-0.2, -0.15) is 0 Å². The molecule has 0 saturated carbocycles. The van der Waals surface area contributed by atoms with E-state index in [1.165, 1.54) is 11.1 Å². The standard InChI is InChI=1S/C14H19N3OS/c1-12-5-3-6-13(9-12)10-19-14-16-15-11-17(14)7-4-8-18-2/h3,5-6,9,11H,4,7-8,10H2,1-2H3. The van der Waals surface area contributed by atoms with E-state index in [0.29, 0.717) is 0 Å². The molecule has 102 valence electrons. The van der Waals surface area contributed by atoms with Crippen LogP contribution in [0.5, 0.6) is 0 Å². The Morgan fingerprint density at radius 2 is 2.26 bits per heavy atom. The maximum absolute atomic E-state index is 5.06. The van der Waals surface area contributed by atoms with E-state index in [-0.39, 0.29) is 0 Å². The van der Waals surface area contributed by atoms with Crippen LogP contribution in [0.4, 0.5) is 0 Å². The van der Waals surface area contributed by atoms with Crippen molar-refractivity contribution in [3.63, 3.8) is 0 Å². The number of rotatable bonds is 7. The van der Waals surface area contributed by atoms with Gasteiger partial charge in [-0.1, -0.05) is 41.6 Å². The van der Waals surface area contributed by atoms with Gasteiger partial charge in [0, 0.05) is 26.0 Å². The molecule has 1 aromatic carbocycles. The van der Waals surface area contributed by atoms with E-state index in [0.717, 1.165) is 30.5 Å². The molecule has 4 nitrogen and oxygen atoms in total. The second-order valence-electron chi connectivity index (χ2n) is 4.43. The Kier molecular flexibility index (Phi) is 5.42. The molecule has 0 bridgehead atoms. The summed E-state index contributed by atoms with van der Waals surface area (Å²) in [5.74, 6) is 0.921. The number of aromatic nitrogens is 3. The van der Waals surface area contributed by atoms with Crippen molar-refractivity contribution in [3.8, 4) is 0 Å². The summed E-state index contributed by atoms with van der Waals surface area (Å²) in [5.41, 5.74) is 2.61. The number of ether oxygens (including phenoxy) is 1. The van der Waals surface area contributed by atoms with Crippen LogP contribution in [0.3, 0.4) is 0 Å². The highest BCUT2D eigenvalue weighted by Crippen LogP contribution is 2.21. The van der Waals surface area contributed by atoms with Crippen LogP contribution in [0.2, 0.25) is 0 Å². The minimum absolute atomic E-state index is 0.764. The minimum atomic E-state index is 0.764. The van der Waals surface area contributed by atoms with Crippen LogP contribution in [0.25, 0.3) is 0 Å². The maximum Gasteiger partial charge on any atom is 0.191 e. The van der Waals surface area contributed by atoms with E-state index in [2.05, 4.69) is 46.0 Å². The average Bonchev–Trinajstić information content (AvgIpc) is 2.84. The summed E-state index contributed by atoms with van der Waals surface area (Å²) >= 11 is 1.72. The predicted octanol–water partition coefficient (Wildman–Crippen LogP) is 2.92. The first-order valence-electron chi connectivity index (χ1n) is 6.34. The van der Waals surface area contributed by atoms with Crippen LogP contribution in [0, 0.1) is 6.92 Å². The van der Waals surface area contributed by atoms with Crippen LogP contribution in [0.1, 0.15) is 17.5 Å². The first-order valence-corrected chi connectivity index (χ1v) is 7.33. The highest BCUT2D eigenvalue weighted by molar-refractivity contribution is 7.98. The average molecular weight is 277 g/mol. The molecule has 0 radical (unpaired) electrons. The Balaban J connectivity index is 1.90. The second-order valence-corrected chi connectivity index (χ2v) is 5.37. The summed E-state index contributed by atoms with van der Waals surface area (Å²) < 4.78 is 7.14. The number of hydrogen-bond donors (Lipinski definition) is 0. The summed E-state index contributed by atoms with van der Waals surface area (Å²) in [6, 6.07) is 8.56. The highest BCUT2D eigenvalue weighted by Gasteiger charge is 2.05. The van der Waals surface area contributed by atoms with Gasteiger partial charge in [-0.3, -0.25) is 0 Å². The van der Waals surface area contributed by atoms with Gasteiger partial charge in [0.1, 0.15) is 6.33 Å². The predicted molar refractivity (Wildman–Crippen MR) is 77.3 cm³/mol. The zero-order valence-corrected chi connectivity index (χ0v) is 12.2. The molecule has 2 rings (SSSR count). The van der Waals surface area contributed by atoms with Crippen molar-refractivity contribution in [2.75, 3.05) is 13.7 Å². The van der Waals surface area contributed by atoms with Crippen LogP contribution in [-0.4, -0.2) is 28.5 Å². The lowest BCUT2D eigenvalue weighted by molar-refractivity contribution is 0.189. The Labute approximate surface area is 118 Å². The van der Waals surface area contributed by atoms with E-state index in [9.17, 15) is 0 Å². The van der Waals surface area contributed by atoms with Gasteiger partial charge in [0.15, 0.2) is 5.16 Å². The number of benzene rings is 1. The Morgan fingerprint density at radius 3 is 3.05 bits per heavy atom. The zero-order valence-electron chi connectivity index (χ0n) is 11.4. The molecule has 0 atom stereocenters. The van der Waals surface area contributed by atoms with E-state index in [1.54, 1.807) is 25.2 Å². The van der Waals surface area contributed by atoms with Gasteiger partial charge in [-0.25, -0.2) is 0 Å². The lowest BCUT2D eigenvalue weighted by atomic mass is 10.2. The normalized spacial score (nSPS) is 10.8. The molecule has 0 amide bonds. The number of methoxy groups -OCH3 is 1. The van der Waals surface area contributed by atoms with Crippen molar-refractivity contribution in [3.05, 3.63) is 41.7 Å². The summed E-state index contributed by atoms with van der Waals surface area (Å²) in [5, 5.41) is 9.12. The Morgan fingerprint density at radius 1 is 1.37 bits per heavy atom. The number of thioether (sulfide) groups is 1. The summed E-state index contributed by atoms with van der Waals surface area (Å²) in [4.78, 5) is 0. The summed E-state index contributed by atoms with van der Waals surface area (Å²) in [6.45, 7) is 3.78. The van der Waals surface area contributed by atoms with Crippen molar-refractivity contribution < 1.29 is 4.74 Å². The molecule has 19 heavy (non-hydrogen) atoms. The van der Waals surface area contributed by atoms with E-state index >= 15 is 0 Å². The van der Waals surface area contributed by atoms with Gasteiger partial charge in [-0.05, 0) is 18.9 Å². The van der Waals surface area contributed by atoms with Crippen molar-refractivity contribution >= 4 is 11.8 Å². The van der Waals surface area contributed by atoms with Crippen LogP contribution < -0.4 is 0 Å². The fourth-order valence-corrected chi connectivity index (χ4v) is 2.72. The zero-order chi connectivity index (χ0) is 13.5. The van der Waals surface area contributed by atoms with Crippen molar-refractivity contribution in [1.29, 1.82) is 0 Å². The third-order valence-corrected chi connectivity index (χ3v) is 3.83. The van der Waals surface area contributed by atoms with Gasteiger partial charge >= 0.3 is 0 Å². The van der Waals surface area contributed by atoms with Crippen LogP contribution in [0.15, 0.2) is 35.7 Å². The molecule has 0 aliphatic heterocycles. The second kappa shape index (κ2) is 7.31. The van der Waals surface area contributed by atoms with Gasteiger partial charge in [-0.15, -0.1) is 10.2 Å². The van der Waals surface area contributed by atoms with Crippen LogP contribution >= 0.6 is 11.8 Å². The van der Waals surface area contributed by atoms with E-state index in [4.69, 9.17) is 4.74 Å². The van der Waals surface area contributed by atoms with Crippen molar-refractivity contribution in [2.45, 2.75) is 30.8 Å². The SMILES string of the molecule is COCCCn1cnnc1SCc1cccc(C)c1. The molecule has 0 aliphatic rings. The van der Waals surface area contributed by atoms with Gasteiger partial charge < -0.3 is 9.30 Å². The molecular weight excluding hydrogens is 258 g/mol. The summed E-state index contributed by atoms with van der Waals surface area (Å²) in [7, 11) is 1.72. The molecule has 0 N–H and O–H groups in total. The quantitative estimate of drug-likeness (QED) is 0.576. The molecule has 1 heterocycles.